The highest BCUT2D eigenvalue weighted by molar-refractivity contribution is 8.00. The van der Waals surface area contributed by atoms with Crippen LogP contribution in [-0.2, 0) is 11.3 Å². The first-order valence-electron chi connectivity index (χ1n) is 6.45. The molecule has 0 aliphatic carbocycles. The van der Waals surface area contributed by atoms with Gasteiger partial charge in [-0.05, 0) is 42.0 Å². The van der Waals surface area contributed by atoms with Crippen molar-refractivity contribution in [1.29, 1.82) is 0 Å². The largest absolute Gasteiger partial charge is 0.497 e. The number of methoxy groups -OCH3 is 1. The molecule has 0 saturated carbocycles. The highest BCUT2D eigenvalue weighted by Gasteiger charge is 2.03. The maximum absolute atomic E-state index is 11.8. The van der Waals surface area contributed by atoms with E-state index in [0.717, 1.165) is 16.2 Å². The zero-order valence-corrected chi connectivity index (χ0v) is 13.2. The van der Waals surface area contributed by atoms with Gasteiger partial charge in [0.2, 0.25) is 5.91 Å². The summed E-state index contributed by atoms with van der Waals surface area (Å²) in [5.41, 5.74) is 0.991. The Morgan fingerprint density at radius 3 is 2.67 bits per heavy atom. The van der Waals surface area contributed by atoms with Gasteiger partial charge in [-0.2, -0.15) is 0 Å². The Balaban J connectivity index is 1.76. The second kappa shape index (κ2) is 7.96. The van der Waals surface area contributed by atoms with Crippen molar-refractivity contribution in [3.8, 4) is 5.75 Å². The summed E-state index contributed by atoms with van der Waals surface area (Å²) in [7, 11) is 1.63. The summed E-state index contributed by atoms with van der Waals surface area (Å²) in [4.78, 5) is 12.8. The minimum Gasteiger partial charge on any atom is -0.497 e. The average Bonchev–Trinajstić information content (AvgIpc) is 2.51. The monoisotopic (exact) mass is 321 g/mol. The number of benzene rings is 2. The zero-order chi connectivity index (χ0) is 15.1. The van der Waals surface area contributed by atoms with Crippen molar-refractivity contribution < 1.29 is 9.53 Å². The SMILES string of the molecule is COc1ccc(SCC(=O)NCc2cccc(Cl)c2)cc1. The summed E-state index contributed by atoms with van der Waals surface area (Å²) in [6.07, 6.45) is 0. The summed E-state index contributed by atoms with van der Waals surface area (Å²) < 4.78 is 5.09. The molecule has 0 heterocycles. The molecule has 21 heavy (non-hydrogen) atoms. The van der Waals surface area contributed by atoms with E-state index in [4.69, 9.17) is 16.3 Å². The molecule has 0 spiro atoms. The predicted octanol–water partition coefficient (Wildman–Crippen LogP) is 3.76. The van der Waals surface area contributed by atoms with E-state index in [1.54, 1.807) is 7.11 Å². The number of ether oxygens (including phenoxy) is 1. The van der Waals surface area contributed by atoms with E-state index in [2.05, 4.69) is 5.32 Å². The third-order valence-electron chi connectivity index (χ3n) is 2.81. The number of amides is 1. The van der Waals surface area contributed by atoms with Crippen molar-refractivity contribution in [1.82, 2.24) is 5.32 Å². The van der Waals surface area contributed by atoms with Crippen LogP contribution in [0.5, 0.6) is 5.75 Å². The molecule has 0 saturated heterocycles. The first kappa shape index (κ1) is 15.7. The Labute approximate surface area is 133 Å². The van der Waals surface area contributed by atoms with E-state index in [1.165, 1.54) is 11.8 Å². The molecule has 1 amide bonds. The molecule has 1 N–H and O–H groups in total. The maximum atomic E-state index is 11.8. The highest BCUT2D eigenvalue weighted by atomic mass is 35.5. The van der Waals surface area contributed by atoms with Gasteiger partial charge in [0.1, 0.15) is 5.75 Å². The molecule has 3 nitrogen and oxygen atoms in total. The first-order chi connectivity index (χ1) is 10.2. The molecule has 5 heteroatoms. The van der Waals surface area contributed by atoms with Crippen molar-refractivity contribution in [3.63, 3.8) is 0 Å². The fourth-order valence-electron chi connectivity index (χ4n) is 1.72. The van der Waals surface area contributed by atoms with Crippen LogP contribution in [0.15, 0.2) is 53.4 Å². The zero-order valence-electron chi connectivity index (χ0n) is 11.6. The second-order valence-electron chi connectivity index (χ2n) is 4.37. The van der Waals surface area contributed by atoms with Crippen LogP contribution in [-0.4, -0.2) is 18.8 Å². The topological polar surface area (TPSA) is 38.3 Å². The summed E-state index contributed by atoms with van der Waals surface area (Å²) >= 11 is 7.39. The summed E-state index contributed by atoms with van der Waals surface area (Å²) in [5.74, 6) is 1.19. The number of carbonyl (C=O) groups excluding carboxylic acids is 1. The van der Waals surface area contributed by atoms with Gasteiger partial charge in [-0.1, -0.05) is 23.7 Å². The average molecular weight is 322 g/mol. The van der Waals surface area contributed by atoms with Gasteiger partial charge in [0.15, 0.2) is 0 Å². The second-order valence-corrected chi connectivity index (χ2v) is 5.86. The summed E-state index contributed by atoms with van der Waals surface area (Å²) in [6.45, 7) is 0.489. The number of hydrogen-bond donors (Lipinski definition) is 1. The van der Waals surface area contributed by atoms with Gasteiger partial charge < -0.3 is 10.1 Å². The van der Waals surface area contributed by atoms with Crippen molar-refractivity contribution in [3.05, 3.63) is 59.1 Å². The molecule has 0 unspecified atom stereocenters. The Morgan fingerprint density at radius 2 is 2.00 bits per heavy atom. The van der Waals surface area contributed by atoms with Gasteiger partial charge in [-0.25, -0.2) is 0 Å². The smallest absolute Gasteiger partial charge is 0.230 e. The molecule has 0 bridgehead atoms. The van der Waals surface area contributed by atoms with Gasteiger partial charge in [-0.15, -0.1) is 11.8 Å². The lowest BCUT2D eigenvalue weighted by molar-refractivity contribution is -0.118. The molecular formula is C16H16ClNO2S. The van der Waals surface area contributed by atoms with Gasteiger partial charge in [0.05, 0.1) is 12.9 Å². The van der Waals surface area contributed by atoms with Crippen LogP contribution >= 0.6 is 23.4 Å². The van der Waals surface area contributed by atoms with E-state index >= 15 is 0 Å². The lowest BCUT2D eigenvalue weighted by Gasteiger charge is -2.06. The van der Waals surface area contributed by atoms with Crippen LogP contribution in [0.1, 0.15) is 5.56 Å². The molecule has 110 valence electrons. The van der Waals surface area contributed by atoms with E-state index < -0.39 is 0 Å². The molecule has 0 fully saturated rings. The fourth-order valence-corrected chi connectivity index (χ4v) is 2.66. The van der Waals surface area contributed by atoms with Crippen LogP contribution in [0, 0.1) is 0 Å². The minimum absolute atomic E-state index is 0.00389. The van der Waals surface area contributed by atoms with Gasteiger partial charge in [0, 0.05) is 16.5 Å². The Kier molecular flexibility index (Phi) is 5.96. The lowest BCUT2D eigenvalue weighted by atomic mass is 10.2. The van der Waals surface area contributed by atoms with E-state index in [1.807, 2.05) is 48.5 Å². The number of nitrogens with one attached hydrogen (secondary N) is 1. The highest BCUT2D eigenvalue weighted by Crippen LogP contribution is 2.21. The van der Waals surface area contributed by atoms with Gasteiger partial charge >= 0.3 is 0 Å². The van der Waals surface area contributed by atoms with Crippen molar-refractivity contribution in [2.24, 2.45) is 0 Å². The molecule has 2 aromatic carbocycles. The first-order valence-corrected chi connectivity index (χ1v) is 7.82. The van der Waals surface area contributed by atoms with Crippen LogP contribution in [0.3, 0.4) is 0 Å². The van der Waals surface area contributed by atoms with Gasteiger partial charge in [-0.3, -0.25) is 4.79 Å². The molecule has 0 radical (unpaired) electrons. The molecule has 0 aliphatic rings. The van der Waals surface area contributed by atoms with E-state index in [-0.39, 0.29) is 5.91 Å². The number of halogens is 1. The van der Waals surface area contributed by atoms with Crippen molar-refractivity contribution in [2.45, 2.75) is 11.4 Å². The normalized spacial score (nSPS) is 10.2. The van der Waals surface area contributed by atoms with Gasteiger partial charge in [0.25, 0.3) is 0 Å². The fraction of sp³-hybridized carbons (Fsp3) is 0.188. The van der Waals surface area contributed by atoms with Crippen LogP contribution in [0.4, 0.5) is 0 Å². The number of rotatable bonds is 6. The molecule has 2 rings (SSSR count). The lowest BCUT2D eigenvalue weighted by Crippen LogP contribution is -2.24. The number of thioether (sulfide) groups is 1. The van der Waals surface area contributed by atoms with Crippen LogP contribution < -0.4 is 10.1 Å². The Morgan fingerprint density at radius 1 is 1.24 bits per heavy atom. The molecule has 0 atom stereocenters. The van der Waals surface area contributed by atoms with E-state index in [0.29, 0.717) is 17.3 Å². The van der Waals surface area contributed by atoms with E-state index in [9.17, 15) is 4.79 Å². The number of hydrogen-bond acceptors (Lipinski definition) is 3. The van der Waals surface area contributed by atoms with Crippen LogP contribution in [0.25, 0.3) is 0 Å². The Hall–Kier alpha value is -1.65. The quantitative estimate of drug-likeness (QED) is 0.823. The summed E-state index contributed by atoms with van der Waals surface area (Å²) in [6, 6.07) is 15.1. The standard InChI is InChI=1S/C16H16ClNO2S/c1-20-14-5-7-15(8-6-14)21-11-16(19)18-10-12-3-2-4-13(17)9-12/h2-9H,10-11H2,1H3,(H,18,19). The molecule has 0 aromatic heterocycles. The molecular weight excluding hydrogens is 306 g/mol. The minimum atomic E-state index is -0.00389. The maximum Gasteiger partial charge on any atom is 0.230 e. The summed E-state index contributed by atoms with van der Waals surface area (Å²) in [5, 5.41) is 3.55. The number of carbonyl (C=O) groups is 1. The Bertz CT molecular complexity index is 601. The molecule has 0 aliphatic heterocycles. The molecule has 2 aromatic rings. The predicted molar refractivity (Wildman–Crippen MR) is 87.0 cm³/mol. The third kappa shape index (κ3) is 5.33. The van der Waals surface area contributed by atoms with Crippen LogP contribution in [0.2, 0.25) is 5.02 Å². The third-order valence-corrected chi connectivity index (χ3v) is 4.06. The van der Waals surface area contributed by atoms with Crippen molar-refractivity contribution in [2.75, 3.05) is 12.9 Å². The van der Waals surface area contributed by atoms with Crippen molar-refractivity contribution >= 4 is 29.3 Å².